The average molecular weight is 250 g/mol. The number of benzene rings is 1. The van der Waals surface area contributed by atoms with Crippen LogP contribution in [0.25, 0.3) is 0 Å². The van der Waals surface area contributed by atoms with Crippen molar-refractivity contribution >= 4 is 0 Å². The molecule has 0 saturated carbocycles. The van der Waals surface area contributed by atoms with Gasteiger partial charge in [-0.25, -0.2) is 4.39 Å². The van der Waals surface area contributed by atoms with Gasteiger partial charge in [0.1, 0.15) is 29.3 Å². The maximum absolute atomic E-state index is 13.4. The van der Waals surface area contributed by atoms with Crippen LogP contribution in [0.3, 0.4) is 0 Å². The Labute approximate surface area is 105 Å². The lowest BCUT2D eigenvalue weighted by molar-refractivity contribution is -0.0658. The van der Waals surface area contributed by atoms with Crippen molar-refractivity contribution in [1.29, 1.82) is 5.26 Å². The summed E-state index contributed by atoms with van der Waals surface area (Å²) in [5, 5.41) is 21.9. The minimum atomic E-state index is -0.935. The summed E-state index contributed by atoms with van der Waals surface area (Å²) >= 11 is 0. The lowest BCUT2D eigenvalue weighted by atomic mass is 9.92. The van der Waals surface area contributed by atoms with E-state index in [0.29, 0.717) is 18.7 Å². The topological polar surface area (TPSA) is 65.3 Å². The monoisotopic (exact) mass is 250 g/mol. The zero-order chi connectivity index (χ0) is 13.2. The molecule has 0 bridgehead atoms. The largest absolute Gasteiger partial charge is 0.486 e. The Morgan fingerprint density at radius 3 is 3.00 bits per heavy atom. The number of nitrogens with zero attached hydrogens (tertiary/aromatic N) is 1. The average Bonchev–Trinajstić information content (AvgIpc) is 2.32. The van der Waals surface area contributed by atoms with Crippen LogP contribution in [0.2, 0.25) is 0 Å². The second kappa shape index (κ2) is 4.92. The molecule has 1 aliphatic rings. The molecule has 5 heteroatoms. The van der Waals surface area contributed by atoms with Crippen LogP contribution in [-0.2, 0) is 0 Å². The van der Waals surface area contributed by atoms with E-state index in [9.17, 15) is 9.50 Å². The van der Waals surface area contributed by atoms with Crippen molar-refractivity contribution in [2.45, 2.75) is 25.0 Å². The lowest BCUT2D eigenvalue weighted by Crippen LogP contribution is -2.55. The third-order valence-electron chi connectivity index (χ3n) is 3.17. The highest BCUT2D eigenvalue weighted by molar-refractivity contribution is 5.36. The van der Waals surface area contributed by atoms with Crippen molar-refractivity contribution in [1.82, 2.24) is 5.32 Å². The minimum absolute atomic E-state index is 0.0177. The van der Waals surface area contributed by atoms with E-state index in [2.05, 4.69) is 5.32 Å². The molecule has 96 valence electrons. The molecule has 2 N–H and O–H groups in total. The molecule has 0 radical (unpaired) electrons. The van der Waals surface area contributed by atoms with Crippen LogP contribution in [0.15, 0.2) is 18.2 Å². The van der Waals surface area contributed by atoms with Crippen LogP contribution in [0.5, 0.6) is 5.75 Å². The summed E-state index contributed by atoms with van der Waals surface area (Å²) in [5.74, 6) is -0.293. The van der Waals surface area contributed by atoms with Gasteiger partial charge in [-0.1, -0.05) is 0 Å². The maximum Gasteiger partial charge on any atom is 0.144 e. The van der Waals surface area contributed by atoms with Crippen LogP contribution < -0.4 is 10.1 Å². The summed E-state index contributed by atoms with van der Waals surface area (Å²) in [7, 11) is 0. The molecule has 0 aliphatic carbocycles. The summed E-state index contributed by atoms with van der Waals surface area (Å²) in [5.41, 5.74) is -0.953. The molecule has 2 rings (SSSR count). The SMILES string of the molecule is CC1(O)CCNCC1Oc1ccc(C#N)c(F)c1. The Kier molecular flexibility index (Phi) is 3.50. The van der Waals surface area contributed by atoms with Gasteiger partial charge in [0.25, 0.3) is 0 Å². The molecule has 0 amide bonds. The van der Waals surface area contributed by atoms with Gasteiger partial charge >= 0.3 is 0 Å². The molecular weight excluding hydrogens is 235 g/mol. The molecule has 18 heavy (non-hydrogen) atoms. The first-order valence-corrected chi connectivity index (χ1v) is 5.82. The summed E-state index contributed by atoms with van der Waals surface area (Å²) in [4.78, 5) is 0. The van der Waals surface area contributed by atoms with Gasteiger partial charge in [-0.05, 0) is 32.0 Å². The van der Waals surface area contributed by atoms with E-state index in [1.807, 2.05) is 0 Å². The van der Waals surface area contributed by atoms with Crippen LogP contribution >= 0.6 is 0 Å². The van der Waals surface area contributed by atoms with E-state index in [4.69, 9.17) is 10.00 Å². The number of halogens is 1. The second-order valence-corrected chi connectivity index (χ2v) is 4.67. The first-order chi connectivity index (χ1) is 8.53. The fraction of sp³-hybridized carbons (Fsp3) is 0.462. The van der Waals surface area contributed by atoms with Gasteiger partial charge in [0, 0.05) is 12.6 Å². The maximum atomic E-state index is 13.4. The molecular formula is C13H15FN2O2. The van der Waals surface area contributed by atoms with Gasteiger partial charge in [-0.15, -0.1) is 0 Å². The number of hydrogen-bond donors (Lipinski definition) is 2. The number of piperidine rings is 1. The van der Waals surface area contributed by atoms with Crippen molar-refractivity contribution < 1.29 is 14.2 Å². The number of nitrogens with one attached hydrogen (secondary N) is 1. The van der Waals surface area contributed by atoms with Gasteiger partial charge in [-0.2, -0.15) is 5.26 Å². The molecule has 1 aliphatic heterocycles. The smallest absolute Gasteiger partial charge is 0.144 e. The first-order valence-electron chi connectivity index (χ1n) is 5.82. The molecule has 0 aromatic heterocycles. The lowest BCUT2D eigenvalue weighted by Gasteiger charge is -2.37. The fourth-order valence-corrected chi connectivity index (χ4v) is 1.95. The molecule has 1 aromatic carbocycles. The van der Waals surface area contributed by atoms with E-state index < -0.39 is 17.5 Å². The Balaban J connectivity index is 2.14. The molecule has 1 saturated heterocycles. The third-order valence-corrected chi connectivity index (χ3v) is 3.17. The summed E-state index contributed by atoms with van der Waals surface area (Å²) < 4.78 is 19.0. The molecule has 1 heterocycles. The number of aliphatic hydroxyl groups is 1. The standard InChI is InChI=1S/C13H15FN2O2/c1-13(17)4-5-16-8-12(13)18-10-3-2-9(7-15)11(14)6-10/h2-3,6,12,16-17H,4-5,8H2,1H3. The van der Waals surface area contributed by atoms with E-state index in [0.717, 1.165) is 6.54 Å². The predicted octanol–water partition coefficient (Wildman–Crippen LogP) is 1.19. The normalized spacial score (nSPS) is 27.6. The third kappa shape index (κ3) is 2.61. The van der Waals surface area contributed by atoms with Crippen LogP contribution in [0, 0.1) is 17.1 Å². The summed E-state index contributed by atoms with van der Waals surface area (Å²) in [6.07, 6.45) is 0.148. The van der Waals surface area contributed by atoms with E-state index in [1.165, 1.54) is 18.2 Å². The number of rotatable bonds is 2. The van der Waals surface area contributed by atoms with Crippen molar-refractivity contribution in [2.24, 2.45) is 0 Å². The number of ether oxygens (including phenoxy) is 1. The van der Waals surface area contributed by atoms with Crippen molar-refractivity contribution in [3.05, 3.63) is 29.6 Å². The second-order valence-electron chi connectivity index (χ2n) is 4.67. The van der Waals surface area contributed by atoms with Crippen LogP contribution in [0.4, 0.5) is 4.39 Å². The van der Waals surface area contributed by atoms with Gasteiger partial charge < -0.3 is 15.2 Å². The Morgan fingerprint density at radius 2 is 2.39 bits per heavy atom. The quantitative estimate of drug-likeness (QED) is 0.827. The van der Waals surface area contributed by atoms with Crippen molar-refractivity contribution in [3.8, 4) is 11.8 Å². The zero-order valence-electron chi connectivity index (χ0n) is 10.1. The Morgan fingerprint density at radius 1 is 1.61 bits per heavy atom. The van der Waals surface area contributed by atoms with E-state index in [-0.39, 0.29) is 5.56 Å². The van der Waals surface area contributed by atoms with Gasteiger partial charge in [0.15, 0.2) is 0 Å². The van der Waals surface area contributed by atoms with E-state index in [1.54, 1.807) is 13.0 Å². The molecule has 0 spiro atoms. The van der Waals surface area contributed by atoms with Crippen molar-refractivity contribution in [2.75, 3.05) is 13.1 Å². The molecule has 2 atom stereocenters. The van der Waals surface area contributed by atoms with Crippen molar-refractivity contribution in [3.63, 3.8) is 0 Å². The number of nitriles is 1. The van der Waals surface area contributed by atoms with E-state index >= 15 is 0 Å². The molecule has 4 nitrogen and oxygen atoms in total. The first kappa shape index (κ1) is 12.8. The summed E-state index contributed by atoms with van der Waals surface area (Å²) in [6, 6.07) is 5.82. The molecule has 1 fully saturated rings. The fourth-order valence-electron chi connectivity index (χ4n) is 1.95. The summed E-state index contributed by atoms with van der Waals surface area (Å²) in [6.45, 7) is 2.95. The number of hydrogen-bond acceptors (Lipinski definition) is 4. The van der Waals surface area contributed by atoms with Crippen LogP contribution in [-0.4, -0.2) is 29.9 Å². The van der Waals surface area contributed by atoms with Gasteiger partial charge in [-0.3, -0.25) is 0 Å². The zero-order valence-corrected chi connectivity index (χ0v) is 10.1. The highest BCUT2D eigenvalue weighted by atomic mass is 19.1. The van der Waals surface area contributed by atoms with Crippen LogP contribution in [0.1, 0.15) is 18.9 Å². The highest BCUT2D eigenvalue weighted by Gasteiger charge is 2.36. The van der Waals surface area contributed by atoms with Gasteiger partial charge in [0.05, 0.1) is 5.56 Å². The molecule has 2 unspecified atom stereocenters. The minimum Gasteiger partial charge on any atom is -0.486 e. The predicted molar refractivity (Wildman–Crippen MR) is 63.6 cm³/mol. The van der Waals surface area contributed by atoms with Gasteiger partial charge in [0.2, 0.25) is 0 Å². The molecule has 1 aromatic rings. The Bertz CT molecular complexity index is 482. The highest BCUT2D eigenvalue weighted by Crippen LogP contribution is 2.24. The Hall–Kier alpha value is -1.64.